The second-order valence-electron chi connectivity index (χ2n) is 23.4. The molecule has 6 nitrogen and oxygen atoms in total. The maximum Gasteiger partial charge on any atom is 0.306 e. The molecule has 0 aromatic carbocycles. The SMILES string of the molecule is CC/C=C\C/C=C\C/C=C\C/C=C\C/C=C\CCCC(=O)OC(COC(=O)CCCCCCCCC/C=C\CCCCCCCC)COC(=O)CCCCCCCCCCCCCCCCCC/C=C\C/C=C\C/C=C\CCCCCCC. The number of carbonyl (C=O) groups is 3. The van der Waals surface area contributed by atoms with Gasteiger partial charge in [-0.15, -0.1) is 0 Å². The first-order valence-electron chi connectivity index (χ1n) is 35.4. The molecule has 0 bridgehead atoms. The van der Waals surface area contributed by atoms with Crippen LogP contribution >= 0.6 is 0 Å². The third-order valence-electron chi connectivity index (χ3n) is 15.2. The predicted molar refractivity (Wildman–Crippen MR) is 362 cm³/mol. The zero-order valence-corrected chi connectivity index (χ0v) is 54.7. The number of esters is 3. The van der Waals surface area contributed by atoms with Crippen LogP contribution in [0.5, 0.6) is 0 Å². The van der Waals surface area contributed by atoms with Crippen molar-refractivity contribution in [3.8, 4) is 0 Å². The predicted octanol–water partition coefficient (Wildman–Crippen LogP) is 24.6. The fraction of sp³-hybridized carbons (Fsp3) is 0.727. The van der Waals surface area contributed by atoms with E-state index in [2.05, 4.69) is 130 Å². The maximum atomic E-state index is 12.9. The summed E-state index contributed by atoms with van der Waals surface area (Å²) in [5.41, 5.74) is 0. The molecule has 0 spiro atoms. The quantitative estimate of drug-likeness (QED) is 0.0261. The van der Waals surface area contributed by atoms with Gasteiger partial charge in [-0.25, -0.2) is 0 Å². The highest BCUT2D eigenvalue weighted by molar-refractivity contribution is 5.71. The third-order valence-corrected chi connectivity index (χ3v) is 15.2. The van der Waals surface area contributed by atoms with Crippen LogP contribution < -0.4 is 0 Å². The summed E-state index contributed by atoms with van der Waals surface area (Å²) >= 11 is 0. The van der Waals surface area contributed by atoms with Gasteiger partial charge in [-0.05, 0) is 122 Å². The monoisotopic (exact) mass is 1150 g/mol. The minimum atomic E-state index is -0.812. The molecule has 0 N–H and O–H groups in total. The van der Waals surface area contributed by atoms with E-state index in [0.717, 1.165) is 89.9 Å². The first-order valence-corrected chi connectivity index (χ1v) is 35.4. The van der Waals surface area contributed by atoms with Crippen molar-refractivity contribution in [3.05, 3.63) is 109 Å². The molecule has 0 saturated carbocycles. The molecule has 0 fully saturated rings. The van der Waals surface area contributed by atoms with Crippen LogP contribution in [0, 0.1) is 0 Å². The van der Waals surface area contributed by atoms with E-state index in [-0.39, 0.29) is 37.5 Å². The molecule has 0 amide bonds. The topological polar surface area (TPSA) is 78.9 Å². The summed E-state index contributed by atoms with van der Waals surface area (Å²) in [5, 5.41) is 0. The minimum absolute atomic E-state index is 0.101. The molecule has 0 heterocycles. The van der Waals surface area contributed by atoms with Crippen molar-refractivity contribution in [2.75, 3.05) is 13.2 Å². The van der Waals surface area contributed by atoms with Gasteiger partial charge in [0.15, 0.2) is 6.10 Å². The molecule has 0 aliphatic carbocycles. The average Bonchev–Trinajstić information content (AvgIpc) is 3.50. The van der Waals surface area contributed by atoms with Gasteiger partial charge in [0, 0.05) is 19.3 Å². The molecule has 83 heavy (non-hydrogen) atoms. The van der Waals surface area contributed by atoms with Crippen LogP contribution in [0.4, 0.5) is 0 Å². The Kier molecular flexibility index (Phi) is 67.2. The molecular formula is C77H132O6. The van der Waals surface area contributed by atoms with Gasteiger partial charge in [-0.1, -0.05) is 310 Å². The van der Waals surface area contributed by atoms with E-state index in [4.69, 9.17) is 14.2 Å². The Bertz CT molecular complexity index is 1660. The standard InChI is InChI=1S/C77H132O6/c1-4-7-10-13-16-19-22-25-28-31-32-33-34-35-36-37-38-39-40-41-42-43-44-47-49-52-55-58-61-64-67-70-76(79)82-73-74(83-77(80)71-68-65-62-59-56-53-50-46-30-27-24-21-18-15-12-9-6-3)72-81-75(78)69-66-63-60-57-54-51-48-45-29-26-23-20-17-14-11-8-5-2/h9,12,18,21-22,25-27,29-32,34-35,50,53,59,62,74H,4-8,10-11,13-17,19-20,23-24,28,33,36-49,51-52,54-58,60-61,63-73H2,1-3H3/b12-9-,21-18-,25-22-,29-26-,30-27-,32-31-,35-34-,53-50-,62-59-. The lowest BCUT2D eigenvalue weighted by Gasteiger charge is -2.18. The zero-order chi connectivity index (χ0) is 59.9. The first kappa shape index (κ1) is 79.1. The van der Waals surface area contributed by atoms with Gasteiger partial charge in [0.1, 0.15) is 13.2 Å². The fourth-order valence-electron chi connectivity index (χ4n) is 9.95. The van der Waals surface area contributed by atoms with Crippen molar-refractivity contribution < 1.29 is 28.6 Å². The molecule has 0 aliphatic heterocycles. The second-order valence-corrected chi connectivity index (χ2v) is 23.4. The number of hydrogen-bond acceptors (Lipinski definition) is 6. The van der Waals surface area contributed by atoms with Crippen molar-refractivity contribution >= 4 is 17.9 Å². The lowest BCUT2D eigenvalue weighted by molar-refractivity contribution is -0.167. The molecule has 0 rings (SSSR count). The molecular weight excluding hydrogens is 1020 g/mol. The van der Waals surface area contributed by atoms with E-state index in [1.54, 1.807) is 0 Å². The molecule has 6 heteroatoms. The van der Waals surface area contributed by atoms with Crippen LogP contribution in [0.3, 0.4) is 0 Å². The van der Waals surface area contributed by atoms with Crippen LogP contribution in [-0.2, 0) is 28.6 Å². The van der Waals surface area contributed by atoms with Gasteiger partial charge >= 0.3 is 17.9 Å². The Morgan fingerprint density at radius 2 is 0.482 bits per heavy atom. The van der Waals surface area contributed by atoms with Crippen LogP contribution in [0.1, 0.15) is 342 Å². The number of unbranched alkanes of at least 4 members (excludes halogenated alkanes) is 35. The van der Waals surface area contributed by atoms with E-state index in [9.17, 15) is 14.4 Å². The van der Waals surface area contributed by atoms with E-state index in [1.807, 2.05) is 0 Å². The van der Waals surface area contributed by atoms with E-state index in [0.29, 0.717) is 19.3 Å². The van der Waals surface area contributed by atoms with Crippen LogP contribution in [0.15, 0.2) is 109 Å². The zero-order valence-electron chi connectivity index (χ0n) is 54.7. The highest BCUT2D eigenvalue weighted by Gasteiger charge is 2.19. The fourth-order valence-corrected chi connectivity index (χ4v) is 9.95. The van der Waals surface area contributed by atoms with Gasteiger partial charge in [0.25, 0.3) is 0 Å². The summed E-state index contributed by atoms with van der Waals surface area (Å²) in [7, 11) is 0. The van der Waals surface area contributed by atoms with Crippen LogP contribution in [0.2, 0.25) is 0 Å². The minimum Gasteiger partial charge on any atom is -0.462 e. The Labute approximate surface area is 514 Å². The smallest absolute Gasteiger partial charge is 0.306 e. The Morgan fingerprint density at radius 3 is 0.783 bits per heavy atom. The van der Waals surface area contributed by atoms with Gasteiger partial charge in [-0.3, -0.25) is 14.4 Å². The number of ether oxygens (including phenoxy) is 3. The summed E-state index contributed by atoms with van der Waals surface area (Å²) in [6.07, 6.45) is 97.0. The van der Waals surface area contributed by atoms with Crippen molar-refractivity contribution in [2.45, 2.75) is 348 Å². The lowest BCUT2D eigenvalue weighted by atomic mass is 10.0. The molecule has 0 radical (unpaired) electrons. The van der Waals surface area contributed by atoms with Gasteiger partial charge in [-0.2, -0.15) is 0 Å². The largest absolute Gasteiger partial charge is 0.462 e. The van der Waals surface area contributed by atoms with Crippen LogP contribution in [0.25, 0.3) is 0 Å². The van der Waals surface area contributed by atoms with Gasteiger partial charge < -0.3 is 14.2 Å². The number of carbonyl (C=O) groups excluding carboxylic acids is 3. The summed E-state index contributed by atoms with van der Waals surface area (Å²) in [6.45, 7) is 6.49. The number of allylic oxidation sites excluding steroid dienone is 18. The second kappa shape index (κ2) is 70.6. The van der Waals surface area contributed by atoms with E-state index in [1.165, 1.54) is 205 Å². The number of hydrogen-bond donors (Lipinski definition) is 0. The molecule has 1 unspecified atom stereocenters. The third kappa shape index (κ3) is 68.7. The lowest BCUT2D eigenvalue weighted by Crippen LogP contribution is -2.30. The van der Waals surface area contributed by atoms with Crippen molar-refractivity contribution in [1.82, 2.24) is 0 Å². The molecule has 0 aromatic heterocycles. The van der Waals surface area contributed by atoms with Crippen molar-refractivity contribution in [2.24, 2.45) is 0 Å². The Morgan fingerprint density at radius 1 is 0.253 bits per heavy atom. The van der Waals surface area contributed by atoms with Crippen molar-refractivity contribution in [3.63, 3.8) is 0 Å². The average molecular weight is 1150 g/mol. The summed E-state index contributed by atoms with van der Waals surface area (Å²) < 4.78 is 16.9. The highest BCUT2D eigenvalue weighted by atomic mass is 16.6. The Hall–Kier alpha value is -3.93. The highest BCUT2D eigenvalue weighted by Crippen LogP contribution is 2.17. The van der Waals surface area contributed by atoms with Gasteiger partial charge in [0.2, 0.25) is 0 Å². The van der Waals surface area contributed by atoms with Crippen molar-refractivity contribution in [1.29, 1.82) is 0 Å². The molecule has 1 atom stereocenters. The molecule has 0 aliphatic rings. The summed E-state index contributed by atoms with van der Waals surface area (Å²) in [5.74, 6) is -0.952. The van der Waals surface area contributed by atoms with E-state index < -0.39 is 6.10 Å². The maximum absolute atomic E-state index is 12.9. The first-order chi connectivity index (χ1) is 41.0. The van der Waals surface area contributed by atoms with Crippen LogP contribution in [-0.4, -0.2) is 37.2 Å². The normalized spacial score (nSPS) is 12.8. The van der Waals surface area contributed by atoms with E-state index >= 15 is 0 Å². The summed E-state index contributed by atoms with van der Waals surface area (Å²) in [4.78, 5) is 38.4. The Balaban J connectivity index is 4.30. The summed E-state index contributed by atoms with van der Waals surface area (Å²) in [6, 6.07) is 0. The molecule has 0 aromatic rings. The molecule has 476 valence electrons. The number of rotatable bonds is 64. The molecule has 0 saturated heterocycles. The van der Waals surface area contributed by atoms with Gasteiger partial charge in [0.05, 0.1) is 0 Å².